The molecule has 36 heavy (non-hydrogen) atoms. The molecule has 1 heterocycles. The van der Waals surface area contributed by atoms with Crippen LogP contribution in [0.4, 0.5) is 0 Å². The van der Waals surface area contributed by atoms with Gasteiger partial charge in [0.05, 0.1) is 18.0 Å². The number of ketones is 1. The highest BCUT2D eigenvalue weighted by Gasteiger charge is 2.52. The van der Waals surface area contributed by atoms with E-state index in [1.54, 1.807) is 36.4 Å². The number of sulfonamides is 1. The summed E-state index contributed by atoms with van der Waals surface area (Å²) in [7, 11) is -3.86. The molecule has 3 aromatic carbocycles. The van der Waals surface area contributed by atoms with E-state index in [2.05, 4.69) is 0 Å². The average Bonchev–Trinajstić information content (AvgIpc) is 2.82. The highest BCUT2D eigenvalue weighted by Crippen LogP contribution is 2.40. The van der Waals surface area contributed by atoms with Gasteiger partial charge in [-0.2, -0.15) is 4.31 Å². The van der Waals surface area contributed by atoms with Crippen molar-refractivity contribution in [3.05, 3.63) is 95.1 Å². The molecule has 1 fully saturated rings. The first-order valence-corrected chi connectivity index (χ1v) is 12.9. The third-order valence-corrected chi connectivity index (χ3v) is 8.11. The molecule has 188 valence electrons. The summed E-state index contributed by atoms with van der Waals surface area (Å²) >= 11 is 0. The second-order valence-corrected chi connectivity index (χ2v) is 11.1. The summed E-state index contributed by atoms with van der Waals surface area (Å²) in [6.45, 7) is 3.64. The predicted octanol–water partition coefficient (Wildman–Crippen LogP) is 3.13. The van der Waals surface area contributed by atoms with Gasteiger partial charge in [0.2, 0.25) is 10.0 Å². The van der Waals surface area contributed by atoms with Crippen LogP contribution in [0.2, 0.25) is 0 Å². The number of ether oxygens (including phenoxy) is 1. The second kappa shape index (κ2) is 9.85. The van der Waals surface area contributed by atoms with Gasteiger partial charge >= 0.3 is 5.97 Å². The van der Waals surface area contributed by atoms with E-state index in [9.17, 15) is 18.0 Å². The van der Waals surface area contributed by atoms with Gasteiger partial charge in [-0.05, 0) is 67.8 Å². The Kier molecular flexibility index (Phi) is 6.99. The first kappa shape index (κ1) is 25.6. The van der Waals surface area contributed by atoms with Crippen LogP contribution in [0.1, 0.15) is 34.0 Å². The van der Waals surface area contributed by atoms with Crippen molar-refractivity contribution in [1.29, 1.82) is 0 Å². The Morgan fingerprint density at radius 3 is 2.28 bits per heavy atom. The van der Waals surface area contributed by atoms with E-state index in [0.29, 0.717) is 16.9 Å². The zero-order valence-electron chi connectivity index (χ0n) is 20.0. The molecule has 0 aromatic heterocycles. The fourth-order valence-electron chi connectivity index (χ4n) is 4.16. The summed E-state index contributed by atoms with van der Waals surface area (Å²) in [5.41, 5.74) is 7.72. The third kappa shape index (κ3) is 5.18. The van der Waals surface area contributed by atoms with E-state index in [1.807, 2.05) is 31.2 Å². The minimum atomic E-state index is -3.86. The van der Waals surface area contributed by atoms with E-state index < -0.39 is 27.6 Å². The zero-order valence-corrected chi connectivity index (χ0v) is 20.9. The lowest BCUT2D eigenvalue weighted by molar-refractivity contribution is -0.138. The molecule has 0 amide bonds. The number of hydrogen-bond donors (Lipinski definition) is 2. The summed E-state index contributed by atoms with van der Waals surface area (Å²) in [5.74, 6) is -0.674. The Labute approximate surface area is 210 Å². The lowest BCUT2D eigenvalue weighted by atomic mass is 9.87. The SMILES string of the molecule is CC(=O)c1ccc(OC2(c3ccc(C)cc3)CN(S(=O)(=O)c3cccc(C[C@H](N)C(=O)O)c3)C2)cc1. The number of carbonyl (C=O) groups excluding carboxylic acids is 1. The summed E-state index contributed by atoms with van der Waals surface area (Å²) < 4.78 is 34.5. The molecule has 3 N–H and O–H groups in total. The van der Waals surface area contributed by atoms with Crippen molar-refractivity contribution >= 4 is 21.8 Å². The lowest BCUT2D eigenvalue weighted by Gasteiger charge is -2.49. The normalized spacial score (nSPS) is 16.1. The van der Waals surface area contributed by atoms with Crippen molar-refractivity contribution in [2.45, 2.75) is 36.8 Å². The number of carbonyl (C=O) groups is 2. The van der Waals surface area contributed by atoms with Crippen molar-refractivity contribution in [2.24, 2.45) is 5.73 Å². The van der Waals surface area contributed by atoms with Crippen LogP contribution in [0.3, 0.4) is 0 Å². The highest BCUT2D eigenvalue weighted by atomic mass is 32.2. The summed E-state index contributed by atoms with van der Waals surface area (Å²) in [4.78, 5) is 22.8. The van der Waals surface area contributed by atoms with Crippen LogP contribution in [0.5, 0.6) is 5.75 Å². The highest BCUT2D eigenvalue weighted by molar-refractivity contribution is 7.89. The van der Waals surface area contributed by atoms with Gasteiger partial charge in [0.15, 0.2) is 11.4 Å². The Bertz CT molecular complexity index is 1380. The first-order valence-electron chi connectivity index (χ1n) is 11.4. The number of rotatable bonds is 9. The number of aryl methyl sites for hydroxylation is 1. The van der Waals surface area contributed by atoms with Gasteiger partial charge in [0, 0.05) is 5.56 Å². The van der Waals surface area contributed by atoms with Gasteiger partial charge < -0.3 is 15.6 Å². The standard InChI is InChI=1S/C27H28N2O6S/c1-18-6-10-22(11-7-18)27(35-23-12-8-21(9-13-23)19(2)30)16-29(17-27)36(33,34)24-5-3-4-20(14-24)15-25(28)26(31)32/h3-14,25H,15-17,28H2,1-2H3,(H,31,32)/t25-/m0/s1. The molecule has 1 atom stereocenters. The maximum atomic E-state index is 13.4. The third-order valence-electron chi connectivity index (χ3n) is 6.32. The number of hydrogen-bond acceptors (Lipinski definition) is 6. The van der Waals surface area contributed by atoms with E-state index in [-0.39, 0.29) is 30.2 Å². The summed E-state index contributed by atoms with van der Waals surface area (Å²) in [6.07, 6.45) is 0.0192. The number of Topliss-reactive ketones (excluding diaryl/α,β-unsaturated/α-hetero) is 1. The molecule has 0 saturated carbocycles. The molecule has 0 bridgehead atoms. The molecule has 3 aromatic rings. The molecule has 4 rings (SSSR count). The molecule has 9 heteroatoms. The van der Waals surface area contributed by atoms with Gasteiger partial charge in [-0.3, -0.25) is 9.59 Å². The molecular formula is C27H28N2O6S. The van der Waals surface area contributed by atoms with Crippen LogP contribution in [0, 0.1) is 6.92 Å². The van der Waals surface area contributed by atoms with Gasteiger partial charge in [-0.15, -0.1) is 0 Å². The van der Waals surface area contributed by atoms with Crippen LogP contribution in [0.25, 0.3) is 0 Å². The van der Waals surface area contributed by atoms with Crippen molar-refractivity contribution in [3.63, 3.8) is 0 Å². The summed E-state index contributed by atoms with van der Waals surface area (Å²) in [5, 5.41) is 9.07. The molecule has 0 radical (unpaired) electrons. The van der Waals surface area contributed by atoms with Crippen molar-refractivity contribution in [1.82, 2.24) is 4.31 Å². The van der Waals surface area contributed by atoms with Crippen LogP contribution in [0.15, 0.2) is 77.7 Å². The minimum Gasteiger partial charge on any atom is -0.480 e. The lowest BCUT2D eigenvalue weighted by Crippen LogP contribution is -2.64. The van der Waals surface area contributed by atoms with E-state index >= 15 is 0 Å². The first-order chi connectivity index (χ1) is 17.0. The number of nitrogens with zero attached hydrogens (tertiary/aromatic N) is 1. The van der Waals surface area contributed by atoms with Crippen molar-refractivity contribution < 1.29 is 27.9 Å². The van der Waals surface area contributed by atoms with E-state index in [0.717, 1.165) is 11.1 Å². The van der Waals surface area contributed by atoms with Crippen LogP contribution < -0.4 is 10.5 Å². The molecule has 1 saturated heterocycles. The number of benzene rings is 3. The predicted molar refractivity (Wildman–Crippen MR) is 134 cm³/mol. The number of carboxylic acids is 1. The summed E-state index contributed by atoms with van der Waals surface area (Å²) in [6, 6.07) is 19.6. The largest absolute Gasteiger partial charge is 0.480 e. The Morgan fingerprint density at radius 1 is 1.06 bits per heavy atom. The maximum Gasteiger partial charge on any atom is 0.320 e. The van der Waals surface area contributed by atoms with E-state index in [4.69, 9.17) is 15.6 Å². The zero-order chi connectivity index (χ0) is 26.1. The average molecular weight is 509 g/mol. The van der Waals surface area contributed by atoms with Gasteiger partial charge in [0.1, 0.15) is 11.8 Å². The monoisotopic (exact) mass is 508 g/mol. The molecule has 0 unspecified atom stereocenters. The van der Waals surface area contributed by atoms with Crippen molar-refractivity contribution in [2.75, 3.05) is 13.1 Å². The fourth-order valence-corrected chi connectivity index (χ4v) is 5.77. The molecule has 0 spiro atoms. The van der Waals surface area contributed by atoms with Crippen LogP contribution >= 0.6 is 0 Å². The van der Waals surface area contributed by atoms with Crippen LogP contribution in [-0.4, -0.2) is 48.7 Å². The van der Waals surface area contributed by atoms with Crippen molar-refractivity contribution in [3.8, 4) is 5.75 Å². The Hall–Kier alpha value is -3.53. The Morgan fingerprint density at radius 2 is 1.69 bits per heavy atom. The molecular weight excluding hydrogens is 480 g/mol. The molecule has 1 aliphatic rings. The molecule has 0 aliphatic carbocycles. The van der Waals surface area contributed by atoms with E-state index in [1.165, 1.54) is 23.4 Å². The number of carboxylic acid groups (broad SMARTS) is 1. The van der Waals surface area contributed by atoms with Crippen LogP contribution in [-0.2, 0) is 26.8 Å². The smallest absolute Gasteiger partial charge is 0.320 e. The van der Waals surface area contributed by atoms with Gasteiger partial charge in [0.25, 0.3) is 0 Å². The second-order valence-electron chi connectivity index (χ2n) is 9.11. The van der Waals surface area contributed by atoms with Gasteiger partial charge in [-0.1, -0.05) is 42.0 Å². The fraction of sp³-hybridized carbons (Fsp3) is 0.259. The quantitative estimate of drug-likeness (QED) is 0.425. The molecule has 1 aliphatic heterocycles. The Balaban J connectivity index is 1.60. The number of nitrogens with two attached hydrogens (primary N) is 1. The number of aliphatic carboxylic acids is 1. The molecule has 8 nitrogen and oxygen atoms in total. The minimum absolute atomic E-state index is 0.0192. The van der Waals surface area contributed by atoms with Gasteiger partial charge in [-0.25, -0.2) is 8.42 Å². The maximum absolute atomic E-state index is 13.4. The topological polar surface area (TPSA) is 127 Å².